The Morgan fingerprint density at radius 3 is 2.25 bits per heavy atom. The Morgan fingerprint density at radius 1 is 0.900 bits per heavy atom. The van der Waals surface area contributed by atoms with E-state index in [9.17, 15) is 0 Å². The van der Waals surface area contributed by atoms with Gasteiger partial charge in [0.05, 0.1) is 0 Å². The lowest BCUT2D eigenvalue weighted by Crippen LogP contribution is -2.07. The molecule has 0 heterocycles. The Labute approximate surface area is 131 Å². The number of aryl methyl sites for hydroxylation is 2. The monoisotopic (exact) mass is 330 g/mol. The van der Waals surface area contributed by atoms with E-state index in [0.29, 0.717) is 0 Å². The normalized spacial score (nSPS) is 12.3. The molecule has 0 aliphatic carbocycles. The number of alkyl halides is 1. The number of hydrogen-bond donors (Lipinski definition) is 0. The first-order valence-electron chi connectivity index (χ1n) is 7.43. The minimum atomic E-state index is 0.737. The van der Waals surface area contributed by atoms with Crippen LogP contribution in [0.4, 0.5) is 0 Å². The van der Waals surface area contributed by atoms with Crippen LogP contribution in [0.2, 0.25) is 0 Å². The largest absolute Gasteiger partial charge is 0.0925 e. The second-order valence-corrected chi connectivity index (χ2v) is 6.24. The molecule has 0 bridgehead atoms. The van der Waals surface area contributed by atoms with Crippen LogP contribution in [-0.4, -0.2) is 5.33 Å². The topological polar surface area (TPSA) is 0 Å². The second-order valence-electron chi connectivity index (χ2n) is 5.59. The third-order valence-electron chi connectivity index (χ3n) is 3.78. The van der Waals surface area contributed by atoms with Gasteiger partial charge in [-0.15, -0.1) is 0 Å². The number of hydrogen-bond acceptors (Lipinski definition) is 0. The molecule has 0 saturated carbocycles. The fourth-order valence-electron chi connectivity index (χ4n) is 2.53. The van der Waals surface area contributed by atoms with Crippen molar-refractivity contribution < 1.29 is 0 Å². The van der Waals surface area contributed by atoms with Crippen LogP contribution in [0.5, 0.6) is 0 Å². The molecule has 0 fully saturated rings. The average Bonchev–Trinajstić information content (AvgIpc) is 2.49. The summed E-state index contributed by atoms with van der Waals surface area (Å²) in [4.78, 5) is 0. The lowest BCUT2D eigenvalue weighted by molar-refractivity contribution is 0.518. The Hall–Kier alpha value is -1.08. The maximum atomic E-state index is 3.67. The molecule has 2 aromatic carbocycles. The highest BCUT2D eigenvalue weighted by Crippen LogP contribution is 2.18. The molecule has 1 atom stereocenters. The van der Waals surface area contributed by atoms with Crippen molar-refractivity contribution in [1.29, 1.82) is 0 Å². The molecule has 0 N–H and O–H groups in total. The van der Waals surface area contributed by atoms with E-state index in [0.717, 1.165) is 11.2 Å². The number of rotatable bonds is 7. The molecule has 0 aliphatic rings. The molecule has 0 amide bonds. The van der Waals surface area contributed by atoms with Crippen molar-refractivity contribution in [2.75, 3.05) is 5.33 Å². The fraction of sp³-hybridized carbons (Fsp3) is 0.368. The summed E-state index contributed by atoms with van der Waals surface area (Å²) in [6.07, 6.45) is 4.93. The molecule has 0 radical (unpaired) electrons. The number of benzene rings is 2. The summed E-state index contributed by atoms with van der Waals surface area (Å²) >= 11 is 3.67. The second kappa shape index (κ2) is 8.26. The lowest BCUT2D eigenvalue weighted by Gasteiger charge is -2.14. The molecule has 0 spiro atoms. The summed E-state index contributed by atoms with van der Waals surface area (Å²) in [5, 5.41) is 1.09. The Morgan fingerprint density at radius 2 is 1.60 bits per heavy atom. The highest BCUT2D eigenvalue weighted by molar-refractivity contribution is 9.09. The molecule has 1 unspecified atom stereocenters. The molecule has 2 rings (SSSR count). The van der Waals surface area contributed by atoms with Crippen LogP contribution in [0.1, 0.15) is 29.5 Å². The van der Waals surface area contributed by atoms with Crippen LogP contribution in [-0.2, 0) is 12.8 Å². The van der Waals surface area contributed by atoms with Crippen molar-refractivity contribution >= 4 is 15.9 Å². The summed E-state index contributed by atoms with van der Waals surface area (Å²) in [5.41, 5.74) is 4.25. The Kier molecular flexibility index (Phi) is 6.32. The molecular weight excluding hydrogens is 308 g/mol. The summed E-state index contributed by atoms with van der Waals surface area (Å²) in [6.45, 7) is 2.14. The van der Waals surface area contributed by atoms with Gasteiger partial charge in [0.25, 0.3) is 0 Å². The minimum absolute atomic E-state index is 0.737. The van der Waals surface area contributed by atoms with E-state index in [1.165, 1.54) is 42.4 Å². The fourth-order valence-corrected chi connectivity index (χ4v) is 3.08. The predicted octanol–water partition coefficient (Wildman–Crippen LogP) is 5.57. The summed E-state index contributed by atoms with van der Waals surface area (Å²) in [6, 6.07) is 19.8. The smallest absolute Gasteiger partial charge is 0.00628 e. The molecule has 2 aromatic rings. The van der Waals surface area contributed by atoms with Crippen molar-refractivity contribution in [3.8, 4) is 0 Å². The molecule has 0 aliphatic heterocycles. The quantitative estimate of drug-likeness (QED) is 0.582. The molecular formula is C19H23Br. The Bertz CT molecular complexity index is 487. The summed E-state index contributed by atoms with van der Waals surface area (Å²) in [5.74, 6) is 0.737. The lowest BCUT2D eigenvalue weighted by atomic mass is 9.94. The van der Waals surface area contributed by atoms with Gasteiger partial charge in [-0.25, -0.2) is 0 Å². The molecule has 0 aromatic heterocycles. The van der Waals surface area contributed by atoms with E-state index < -0.39 is 0 Å². The van der Waals surface area contributed by atoms with Gasteiger partial charge in [0, 0.05) is 5.33 Å². The van der Waals surface area contributed by atoms with Gasteiger partial charge in [0.1, 0.15) is 0 Å². The van der Waals surface area contributed by atoms with Crippen molar-refractivity contribution in [2.45, 2.75) is 32.6 Å². The molecule has 106 valence electrons. The maximum absolute atomic E-state index is 3.67. The third-order valence-corrected chi connectivity index (χ3v) is 4.70. The maximum Gasteiger partial charge on any atom is 0.00628 e. The van der Waals surface area contributed by atoms with Crippen molar-refractivity contribution in [3.63, 3.8) is 0 Å². The van der Waals surface area contributed by atoms with E-state index in [4.69, 9.17) is 0 Å². The molecule has 0 saturated heterocycles. The van der Waals surface area contributed by atoms with Crippen molar-refractivity contribution in [3.05, 3.63) is 71.3 Å². The molecule has 1 heteroatoms. The van der Waals surface area contributed by atoms with Gasteiger partial charge in [-0.2, -0.15) is 0 Å². The number of halogens is 1. The van der Waals surface area contributed by atoms with Crippen LogP contribution < -0.4 is 0 Å². The van der Waals surface area contributed by atoms with Crippen LogP contribution in [0, 0.1) is 12.8 Å². The zero-order valence-corrected chi connectivity index (χ0v) is 13.8. The van der Waals surface area contributed by atoms with Gasteiger partial charge >= 0.3 is 0 Å². The van der Waals surface area contributed by atoms with E-state index in [1.54, 1.807) is 0 Å². The van der Waals surface area contributed by atoms with Crippen molar-refractivity contribution in [1.82, 2.24) is 0 Å². The third kappa shape index (κ3) is 5.13. The van der Waals surface area contributed by atoms with Gasteiger partial charge in [-0.3, -0.25) is 0 Å². The van der Waals surface area contributed by atoms with Gasteiger partial charge in [0.2, 0.25) is 0 Å². The zero-order valence-electron chi connectivity index (χ0n) is 12.2. The van der Waals surface area contributed by atoms with Crippen LogP contribution in [0.25, 0.3) is 0 Å². The highest BCUT2D eigenvalue weighted by Gasteiger charge is 2.08. The molecule has 20 heavy (non-hydrogen) atoms. The van der Waals surface area contributed by atoms with E-state index in [-0.39, 0.29) is 0 Å². The van der Waals surface area contributed by atoms with Crippen LogP contribution in [0.3, 0.4) is 0 Å². The van der Waals surface area contributed by atoms with Gasteiger partial charge in [-0.05, 0) is 49.7 Å². The Balaban J connectivity index is 1.79. The van der Waals surface area contributed by atoms with E-state index in [1.807, 2.05) is 0 Å². The molecule has 0 nitrogen and oxygen atoms in total. The average molecular weight is 331 g/mol. The van der Waals surface area contributed by atoms with E-state index in [2.05, 4.69) is 77.5 Å². The van der Waals surface area contributed by atoms with Crippen LogP contribution in [0.15, 0.2) is 54.6 Å². The summed E-state index contributed by atoms with van der Waals surface area (Å²) < 4.78 is 0. The van der Waals surface area contributed by atoms with E-state index >= 15 is 0 Å². The first kappa shape index (κ1) is 15.3. The SMILES string of the molecule is Cc1ccc(CC(CBr)CCCc2ccccc2)cc1. The first-order valence-corrected chi connectivity index (χ1v) is 8.55. The predicted molar refractivity (Wildman–Crippen MR) is 91.5 cm³/mol. The first-order chi connectivity index (χ1) is 9.78. The standard InChI is InChI=1S/C19H23Br/c1-16-10-12-18(13-11-16)14-19(15-20)9-5-8-17-6-3-2-4-7-17/h2-4,6-7,10-13,19H,5,8-9,14-15H2,1H3. The highest BCUT2D eigenvalue weighted by atomic mass is 79.9. The summed E-state index contributed by atoms with van der Waals surface area (Å²) in [7, 11) is 0. The van der Waals surface area contributed by atoms with Gasteiger partial charge in [0.15, 0.2) is 0 Å². The van der Waals surface area contributed by atoms with Crippen molar-refractivity contribution in [2.24, 2.45) is 5.92 Å². The zero-order chi connectivity index (χ0) is 14.2. The van der Waals surface area contributed by atoms with Gasteiger partial charge < -0.3 is 0 Å². The van der Waals surface area contributed by atoms with Crippen LogP contribution >= 0.6 is 15.9 Å². The van der Waals surface area contributed by atoms with Gasteiger partial charge in [-0.1, -0.05) is 76.1 Å². The minimum Gasteiger partial charge on any atom is -0.0925 e.